The van der Waals surface area contributed by atoms with Crippen molar-refractivity contribution in [3.8, 4) is 11.1 Å². The molecule has 6 heteroatoms. The molecule has 0 saturated heterocycles. The average Bonchev–Trinajstić information content (AvgIpc) is 3.44. The molecule has 3 N–H and O–H groups in total. The van der Waals surface area contributed by atoms with E-state index in [0.29, 0.717) is 11.1 Å². The number of anilines is 1. The van der Waals surface area contributed by atoms with Gasteiger partial charge >= 0.3 is 6.09 Å². The van der Waals surface area contributed by atoms with Gasteiger partial charge in [0.1, 0.15) is 11.9 Å². The number of aromatic amines is 1. The molecule has 1 aliphatic carbocycles. The number of aromatic nitrogens is 1. The lowest BCUT2D eigenvalue weighted by Gasteiger charge is -2.45. The quantitative estimate of drug-likeness (QED) is 0.394. The second-order valence-electron chi connectivity index (χ2n) is 10.6. The average molecular weight is 464 g/mol. The standard InChI is InChI=1S/C28H34FN3O2/c1-15-14-30-25-19(15)11-8-12-20(25)22-13-21-16(2)26(34-27(33)31-18-9-6-7-10-18)28(4,5)32-24(21)17(3)23(22)29/h8,11-14,16,18,26,30,32H,6-7,9-10H2,1-5H3,(H,31,33)/t16-,26+/m0/s1. The first-order chi connectivity index (χ1) is 16.2. The van der Waals surface area contributed by atoms with Crippen LogP contribution in [0.1, 0.15) is 69.1 Å². The highest BCUT2D eigenvalue weighted by Crippen LogP contribution is 2.46. The minimum Gasteiger partial charge on any atom is -0.443 e. The van der Waals surface area contributed by atoms with E-state index in [2.05, 4.69) is 22.5 Å². The molecule has 2 aliphatic rings. The molecule has 5 rings (SSSR count). The zero-order valence-corrected chi connectivity index (χ0v) is 20.6. The molecule has 34 heavy (non-hydrogen) atoms. The number of para-hydroxylation sites is 1. The van der Waals surface area contributed by atoms with Gasteiger partial charge in [-0.05, 0) is 57.7 Å². The molecule has 180 valence electrons. The Kier molecular flexibility index (Phi) is 5.58. The minimum atomic E-state index is -0.547. The Labute approximate surface area is 200 Å². The van der Waals surface area contributed by atoms with E-state index in [1.54, 1.807) is 0 Å². The predicted molar refractivity (Wildman–Crippen MR) is 135 cm³/mol. The number of carbonyl (C=O) groups is 1. The smallest absolute Gasteiger partial charge is 0.407 e. The van der Waals surface area contributed by atoms with E-state index in [4.69, 9.17) is 4.74 Å². The molecule has 3 aromatic rings. The van der Waals surface area contributed by atoms with Crippen LogP contribution in [0.15, 0.2) is 30.5 Å². The van der Waals surface area contributed by atoms with Crippen LogP contribution in [-0.2, 0) is 4.74 Å². The number of fused-ring (bicyclic) bond motifs is 2. The third-order valence-electron chi connectivity index (χ3n) is 7.76. The van der Waals surface area contributed by atoms with Gasteiger partial charge in [-0.15, -0.1) is 0 Å². The molecule has 0 bridgehead atoms. The van der Waals surface area contributed by atoms with Crippen molar-refractivity contribution in [2.24, 2.45) is 0 Å². The molecular formula is C28H34FN3O2. The van der Waals surface area contributed by atoms with Crippen molar-refractivity contribution in [2.45, 2.75) is 83.9 Å². The van der Waals surface area contributed by atoms with Crippen LogP contribution in [0.3, 0.4) is 0 Å². The summed E-state index contributed by atoms with van der Waals surface area (Å²) in [6.45, 7) is 9.95. The van der Waals surface area contributed by atoms with E-state index in [0.717, 1.165) is 59.0 Å². The molecule has 2 heterocycles. The molecule has 1 saturated carbocycles. The van der Waals surface area contributed by atoms with Crippen molar-refractivity contribution in [1.29, 1.82) is 0 Å². The summed E-state index contributed by atoms with van der Waals surface area (Å²) in [5.41, 5.74) is 5.26. The van der Waals surface area contributed by atoms with Gasteiger partial charge in [0.05, 0.1) is 11.1 Å². The third kappa shape index (κ3) is 3.73. The summed E-state index contributed by atoms with van der Waals surface area (Å²) >= 11 is 0. The minimum absolute atomic E-state index is 0.108. The lowest BCUT2D eigenvalue weighted by atomic mass is 9.77. The lowest BCUT2D eigenvalue weighted by molar-refractivity contribution is 0.0457. The Morgan fingerprint density at radius 3 is 2.65 bits per heavy atom. The summed E-state index contributed by atoms with van der Waals surface area (Å²) in [7, 11) is 0. The van der Waals surface area contributed by atoms with Crippen LogP contribution < -0.4 is 10.6 Å². The third-order valence-corrected chi connectivity index (χ3v) is 7.76. The van der Waals surface area contributed by atoms with E-state index < -0.39 is 11.6 Å². The summed E-state index contributed by atoms with van der Waals surface area (Å²) in [6.07, 6.45) is 5.49. The van der Waals surface area contributed by atoms with Crippen LogP contribution in [0, 0.1) is 19.7 Å². The molecule has 1 fully saturated rings. The Balaban J connectivity index is 1.54. The Bertz CT molecular complexity index is 1260. The van der Waals surface area contributed by atoms with Gasteiger partial charge < -0.3 is 20.4 Å². The van der Waals surface area contributed by atoms with E-state index >= 15 is 4.39 Å². The van der Waals surface area contributed by atoms with E-state index in [-0.39, 0.29) is 23.9 Å². The number of aryl methyl sites for hydroxylation is 1. The Morgan fingerprint density at radius 1 is 1.18 bits per heavy atom. The number of halogens is 1. The lowest BCUT2D eigenvalue weighted by Crippen LogP contribution is -2.53. The number of nitrogens with one attached hydrogen (secondary N) is 3. The molecule has 0 spiro atoms. The molecule has 1 aliphatic heterocycles. The van der Waals surface area contributed by atoms with Gasteiger partial charge in [0, 0.05) is 45.9 Å². The Hall–Kier alpha value is -3.02. The SMILES string of the molecule is Cc1c(F)c(-c2cccc3c(C)c[nH]c23)cc2c1NC(C)(C)[C@H](OC(=O)NC1CCCC1)[C@H]2C. The highest BCUT2D eigenvalue weighted by atomic mass is 19.1. The van der Waals surface area contributed by atoms with Crippen LogP contribution in [-0.4, -0.2) is 28.8 Å². The fourth-order valence-electron chi connectivity index (χ4n) is 5.88. The van der Waals surface area contributed by atoms with Crippen LogP contribution in [0.25, 0.3) is 22.0 Å². The highest BCUT2D eigenvalue weighted by Gasteiger charge is 2.44. The van der Waals surface area contributed by atoms with Crippen molar-refractivity contribution in [2.75, 3.05) is 5.32 Å². The fourth-order valence-corrected chi connectivity index (χ4v) is 5.88. The van der Waals surface area contributed by atoms with Gasteiger partial charge in [-0.3, -0.25) is 0 Å². The molecule has 0 unspecified atom stereocenters. The first-order valence-corrected chi connectivity index (χ1v) is 12.3. The van der Waals surface area contributed by atoms with E-state index in [1.165, 1.54) is 0 Å². The van der Waals surface area contributed by atoms with E-state index in [1.807, 2.05) is 58.2 Å². The van der Waals surface area contributed by atoms with Crippen molar-refractivity contribution in [3.63, 3.8) is 0 Å². The van der Waals surface area contributed by atoms with Crippen molar-refractivity contribution in [1.82, 2.24) is 10.3 Å². The number of hydrogen-bond donors (Lipinski definition) is 3. The summed E-state index contributed by atoms with van der Waals surface area (Å²) in [4.78, 5) is 16.1. The zero-order valence-electron chi connectivity index (χ0n) is 20.6. The summed E-state index contributed by atoms with van der Waals surface area (Å²) in [6, 6.07) is 8.10. The van der Waals surface area contributed by atoms with Crippen LogP contribution in [0.5, 0.6) is 0 Å². The number of rotatable bonds is 3. The molecule has 1 aromatic heterocycles. The molecule has 1 amide bonds. The number of hydrogen-bond acceptors (Lipinski definition) is 3. The maximum absolute atomic E-state index is 15.8. The highest BCUT2D eigenvalue weighted by molar-refractivity contribution is 5.96. The first kappa shape index (κ1) is 22.8. The molecule has 0 radical (unpaired) electrons. The normalized spacial score (nSPS) is 21.8. The van der Waals surface area contributed by atoms with Crippen LogP contribution in [0.4, 0.5) is 14.9 Å². The largest absolute Gasteiger partial charge is 0.443 e. The van der Waals surface area contributed by atoms with Crippen LogP contribution >= 0.6 is 0 Å². The maximum Gasteiger partial charge on any atom is 0.407 e. The maximum atomic E-state index is 15.8. The molecule has 2 atom stereocenters. The van der Waals surface area contributed by atoms with Crippen molar-refractivity contribution >= 4 is 22.7 Å². The summed E-state index contributed by atoms with van der Waals surface area (Å²) in [5.74, 6) is -0.337. The molecule has 5 nitrogen and oxygen atoms in total. The van der Waals surface area contributed by atoms with Crippen LogP contribution in [0.2, 0.25) is 0 Å². The predicted octanol–water partition coefficient (Wildman–Crippen LogP) is 6.94. The van der Waals surface area contributed by atoms with Gasteiger partial charge in [0.2, 0.25) is 0 Å². The monoisotopic (exact) mass is 463 g/mol. The molecule has 2 aromatic carbocycles. The number of ether oxygens (including phenoxy) is 1. The van der Waals surface area contributed by atoms with Gasteiger partial charge in [-0.25, -0.2) is 9.18 Å². The van der Waals surface area contributed by atoms with Gasteiger partial charge in [0.15, 0.2) is 0 Å². The van der Waals surface area contributed by atoms with E-state index in [9.17, 15) is 4.79 Å². The van der Waals surface area contributed by atoms with Gasteiger partial charge in [0.25, 0.3) is 0 Å². The fraction of sp³-hybridized carbons (Fsp3) is 0.464. The summed E-state index contributed by atoms with van der Waals surface area (Å²) in [5, 5.41) is 7.61. The number of amides is 1. The second kappa shape index (κ2) is 8.33. The second-order valence-corrected chi connectivity index (χ2v) is 10.6. The molecular weight excluding hydrogens is 429 g/mol. The Morgan fingerprint density at radius 2 is 1.91 bits per heavy atom. The van der Waals surface area contributed by atoms with Crippen molar-refractivity contribution in [3.05, 3.63) is 53.0 Å². The summed E-state index contributed by atoms with van der Waals surface area (Å²) < 4.78 is 21.8. The number of benzene rings is 2. The number of carbonyl (C=O) groups excluding carboxylic acids is 1. The zero-order chi connectivity index (χ0) is 24.2. The number of alkyl carbamates (subject to hydrolysis) is 1. The van der Waals surface area contributed by atoms with Crippen molar-refractivity contribution < 1.29 is 13.9 Å². The topological polar surface area (TPSA) is 66.1 Å². The van der Waals surface area contributed by atoms with Gasteiger partial charge in [-0.1, -0.05) is 38.0 Å². The first-order valence-electron chi connectivity index (χ1n) is 12.3. The number of H-pyrrole nitrogens is 1. The van der Waals surface area contributed by atoms with Gasteiger partial charge in [-0.2, -0.15) is 0 Å².